The van der Waals surface area contributed by atoms with Crippen LogP contribution in [0.2, 0.25) is 0 Å². The fourth-order valence-electron chi connectivity index (χ4n) is 3.54. The van der Waals surface area contributed by atoms with Gasteiger partial charge in [-0.1, -0.05) is 0 Å². The van der Waals surface area contributed by atoms with E-state index >= 15 is 0 Å². The molecule has 168 valence electrons. The first-order chi connectivity index (χ1) is 15.2. The van der Waals surface area contributed by atoms with Gasteiger partial charge in [0.25, 0.3) is 5.91 Å². The number of alkyl halides is 3. The van der Waals surface area contributed by atoms with Crippen molar-refractivity contribution >= 4 is 17.3 Å². The van der Waals surface area contributed by atoms with Gasteiger partial charge >= 0.3 is 6.18 Å². The number of hydrogen-bond donors (Lipinski definition) is 1. The van der Waals surface area contributed by atoms with Crippen LogP contribution in [-0.4, -0.2) is 47.0 Å². The Morgan fingerprint density at radius 3 is 2.47 bits per heavy atom. The number of benzene rings is 1. The van der Waals surface area contributed by atoms with Crippen LogP contribution < -0.4 is 10.2 Å². The molecule has 0 atom stereocenters. The molecule has 0 radical (unpaired) electrons. The first-order valence-electron chi connectivity index (χ1n) is 10.1. The van der Waals surface area contributed by atoms with E-state index < -0.39 is 11.7 Å². The number of morpholine rings is 1. The lowest BCUT2D eigenvalue weighted by Gasteiger charge is -2.29. The van der Waals surface area contributed by atoms with Crippen LogP contribution >= 0.6 is 0 Å². The van der Waals surface area contributed by atoms with Crippen LogP contribution in [0.5, 0.6) is 0 Å². The van der Waals surface area contributed by atoms with Gasteiger partial charge in [-0.2, -0.15) is 18.3 Å². The number of aryl methyl sites for hydroxylation is 1. The molecule has 0 bridgehead atoms. The zero-order chi connectivity index (χ0) is 22.9. The van der Waals surface area contributed by atoms with Crippen LogP contribution in [0, 0.1) is 13.8 Å². The van der Waals surface area contributed by atoms with Gasteiger partial charge in [0, 0.05) is 30.7 Å². The maximum atomic E-state index is 12.8. The molecule has 1 amide bonds. The molecular formula is C22H22F3N5O2. The summed E-state index contributed by atoms with van der Waals surface area (Å²) < 4.78 is 45.0. The summed E-state index contributed by atoms with van der Waals surface area (Å²) in [6.07, 6.45) is -2.35. The fourth-order valence-corrected chi connectivity index (χ4v) is 3.54. The monoisotopic (exact) mass is 445 g/mol. The molecule has 7 nitrogen and oxygen atoms in total. The highest BCUT2D eigenvalue weighted by Crippen LogP contribution is 2.29. The Morgan fingerprint density at radius 1 is 1.09 bits per heavy atom. The molecule has 3 aromatic rings. The number of pyridine rings is 1. The highest BCUT2D eigenvalue weighted by Gasteiger charge is 2.31. The number of nitrogens with zero attached hydrogens (tertiary/aromatic N) is 4. The van der Waals surface area contributed by atoms with Crippen molar-refractivity contribution in [2.75, 3.05) is 36.5 Å². The van der Waals surface area contributed by atoms with Gasteiger partial charge in [0.15, 0.2) is 5.82 Å². The third kappa shape index (κ3) is 4.45. The van der Waals surface area contributed by atoms with Crippen LogP contribution in [-0.2, 0) is 10.9 Å². The number of carbonyl (C=O) groups excluding carboxylic acids is 1. The van der Waals surface area contributed by atoms with E-state index in [1.165, 1.54) is 16.9 Å². The fraction of sp³-hybridized carbons (Fsp3) is 0.318. The van der Waals surface area contributed by atoms with Crippen LogP contribution in [0.15, 0.2) is 42.7 Å². The van der Waals surface area contributed by atoms with E-state index in [1.807, 2.05) is 25.1 Å². The summed E-state index contributed by atoms with van der Waals surface area (Å²) in [6.45, 7) is 6.60. The molecule has 0 saturated carbocycles. The lowest BCUT2D eigenvalue weighted by atomic mass is 10.1. The maximum absolute atomic E-state index is 12.8. The number of aromatic nitrogens is 3. The molecule has 2 aromatic heterocycles. The third-order valence-corrected chi connectivity index (χ3v) is 5.38. The van der Waals surface area contributed by atoms with Crippen molar-refractivity contribution in [1.29, 1.82) is 0 Å². The molecule has 1 aliphatic rings. The summed E-state index contributed by atoms with van der Waals surface area (Å²) in [7, 11) is 0. The van der Waals surface area contributed by atoms with Crippen molar-refractivity contribution in [2.45, 2.75) is 20.0 Å². The van der Waals surface area contributed by atoms with Crippen LogP contribution in [0.1, 0.15) is 27.2 Å². The van der Waals surface area contributed by atoms with Gasteiger partial charge in [0.1, 0.15) is 0 Å². The van der Waals surface area contributed by atoms with E-state index in [0.29, 0.717) is 30.2 Å². The first kappa shape index (κ1) is 21.8. The molecule has 0 unspecified atom stereocenters. The normalized spacial score (nSPS) is 14.5. The second-order valence-electron chi connectivity index (χ2n) is 7.51. The summed E-state index contributed by atoms with van der Waals surface area (Å²) in [5.74, 6) is -0.163. The number of halogens is 3. The van der Waals surface area contributed by atoms with Crippen LogP contribution in [0.4, 0.5) is 24.5 Å². The van der Waals surface area contributed by atoms with Crippen molar-refractivity contribution < 1.29 is 22.7 Å². The van der Waals surface area contributed by atoms with Crippen LogP contribution in [0.25, 0.3) is 5.82 Å². The number of amides is 1. The highest BCUT2D eigenvalue weighted by molar-refractivity contribution is 6.05. The summed E-state index contributed by atoms with van der Waals surface area (Å²) >= 11 is 0. The SMILES string of the molecule is Cc1cc(N2CCOCC2)ccc1NC(=O)c1cnn(-c2ccc(C(F)(F)F)cn2)c1C. The Balaban J connectivity index is 1.50. The van der Waals surface area contributed by atoms with Crippen molar-refractivity contribution in [3.05, 3.63) is 65.1 Å². The van der Waals surface area contributed by atoms with Crippen molar-refractivity contribution in [3.8, 4) is 5.82 Å². The van der Waals surface area contributed by atoms with Gasteiger partial charge in [-0.05, 0) is 49.7 Å². The van der Waals surface area contributed by atoms with E-state index in [9.17, 15) is 18.0 Å². The Bertz CT molecular complexity index is 1120. The molecule has 0 spiro atoms. The molecule has 0 aliphatic carbocycles. The Morgan fingerprint density at radius 2 is 1.84 bits per heavy atom. The second kappa shape index (κ2) is 8.62. The molecule has 1 saturated heterocycles. The van der Waals surface area contributed by atoms with Crippen molar-refractivity contribution in [2.24, 2.45) is 0 Å². The van der Waals surface area contributed by atoms with Crippen LogP contribution in [0.3, 0.4) is 0 Å². The zero-order valence-corrected chi connectivity index (χ0v) is 17.6. The van der Waals surface area contributed by atoms with E-state index in [4.69, 9.17) is 4.74 Å². The largest absolute Gasteiger partial charge is 0.417 e. The summed E-state index contributed by atoms with van der Waals surface area (Å²) in [6, 6.07) is 7.98. The van der Waals surface area contributed by atoms with Gasteiger partial charge in [0.05, 0.1) is 36.2 Å². The molecule has 1 aliphatic heterocycles. The van der Waals surface area contributed by atoms with E-state index in [1.54, 1.807) is 6.92 Å². The Kier molecular flexibility index (Phi) is 5.88. The summed E-state index contributed by atoms with van der Waals surface area (Å²) in [5, 5.41) is 7.02. The van der Waals surface area contributed by atoms with Crippen molar-refractivity contribution in [1.82, 2.24) is 14.8 Å². The Hall–Kier alpha value is -3.40. The predicted octanol–water partition coefficient (Wildman–Crippen LogP) is 3.99. The Labute approximate surface area is 182 Å². The summed E-state index contributed by atoms with van der Waals surface area (Å²) in [4.78, 5) is 18.9. The summed E-state index contributed by atoms with van der Waals surface area (Å²) in [5.41, 5.74) is 2.59. The number of nitrogens with one attached hydrogen (secondary N) is 1. The zero-order valence-electron chi connectivity index (χ0n) is 17.6. The van der Waals surface area contributed by atoms with Gasteiger partial charge < -0.3 is 15.0 Å². The van der Waals surface area contributed by atoms with Gasteiger partial charge in [-0.3, -0.25) is 4.79 Å². The first-order valence-corrected chi connectivity index (χ1v) is 10.1. The number of hydrogen-bond acceptors (Lipinski definition) is 5. The minimum atomic E-state index is -4.47. The lowest BCUT2D eigenvalue weighted by molar-refractivity contribution is -0.137. The molecule has 32 heavy (non-hydrogen) atoms. The predicted molar refractivity (Wildman–Crippen MR) is 113 cm³/mol. The lowest BCUT2D eigenvalue weighted by Crippen LogP contribution is -2.36. The van der Waals surface area contributed by atoms with E-state index in [2.05, 4.69) is 20.3 Å². The van der Waals surface area contributed by atoms with E-state index in [-0.39, 0.29) is 11.7 Å². The number of carbonyl (C=O) groups is 1. The number of ether oxygens (including phenoxy) is 1. The molecule has 1 aromatic carbocycles. The van der Waals surface area contributed by atoms with Gasteiger partial charge in [-0.15, -0.1) is 0 Å². The molecule has 1 N–H and O–H groups in total. The molecular weight excluding hydrogens is 423 g/mol. The minimum Gasteiger partial charge on any atom is -0.378 e. The molecule has 4 rings (SSSR count). The van der Waals surface area contributed by atoms with E-state index in [0.717, 1.165) is 36.6 Å². The molecule has 3 heterocycles. The topological polar surface area (TPSA) is 72.3 Å². The van der Waals surface area contributed by atoms with Crippen molar-refractivity contribution in [3.63, 3.8) is 0 Å². The second-order valence-corrected chi connectivity index (χ2v) is 7.51. The average molecular weight is 445 g/mol. The maximum Gasteiger partial charge on any atom is 0.417 e. The van der Waals surface area contributed by atoms with Gasteiger partial charge in [-0.25, -0.2) is 9.67 Å². The standard InChI is InChI=1S/C22H22F3N5O2/c1-14-11-17(29-7-9-32-10-8-29)4-5-19(14)28-21(31)18-13-27-30(15(18)2)20-6-3-16(12-26-20)22(23,24)25/h3-6,11-13H,7-10H2,1-2H3,(H,28,31). The number of rotatable bonds is 4. The minimum absolute atomic E-state index is 0.195. The number of anilines is 2. The smallest absolute Gasteiger partial charge is 0.378 e. The average Bonchev–Trinajstić information content (AvgIpc) is 3.16. The highest BCUT2D eigenvalue weighted by atomic mass is 19.4. The van der Waals surface area contributed by atoms with Gasteiger partial charge in [0.2, 0.25) is 0 Å². The molecule has 10 heteroatoms. The quantitative estimate of drug-likeness (QED) is 0.658. The molecule has 1 fully saturated rings. The third-order valence-electron chi connectivity index (χ3n) is 5.38.